The standard InChI is InChI=1S/C28H26ClN5O4/c1-17-25(27(35)33-22-14-23(36-2)21(29)13-24(22)37-3)26(34-28(32-17)30-16-31-34)19-10-7-11-20(12-19)38-15-18-8-5-4-6-9-18/h4-14,16,26H,15H2,1-3H3,(H,33,35)(H,30,31,32)/t26-/m0/s1. The second kappa shape index (κ2) is 10.9. The third-order valence-electron chi connectivity index (χ3n) is 6.18. The fourth-order valence-corrected chi connectivity index (χ4v) is 4.59. The molecule has 4 aromatic rings. The molecule has 2 heterocycles. The van der Waals surface area contributed by atoms with Gasteiger partial charge in [-0.15, -0.1) is 0 Å². The van der Waals surface area contributed by atoms with Gasteiger partial charge in [0.15, 0.2) is 0 Å². The van der Waals surface area contributed by atoms with Crippen LogP contribution in [0.5, 0.6) is 17.2 Å². The first-order chi connectivity index (χ1) is 18.5. The van der Waals surface area contributed by atoms with E-state index in [4.69, 9.17) is 25.8 Å². The number of benzene rings is 3. The van der Waals surface area contributed by atoms with Gasteiger partial charge in [-0.1, -0.05) is 54.1 Å². The number of fused-ring (bicyclic) bond motifs is 1. The van der Waals surface area contributed by atoms with E-state index in [0.717, 1.165) is 11.1 Å². The van der Waals surface area contributed by atoms with E-state index in [2.05, 4.69) is 20.7 Å². The molecule has 0 aliphatic carbocycles. The number of ether oxygens (including phenoxy) is 3. The van der Waals surface area contributed by atoms with Gasteiger partial charge >= 0.3 is 0 Å². The van der Waals surface area contributed by atoms with Crippen molar-refractivity contribution in [2.75, 3.05) is 24.9 Å². The van der Waals surface area contributed by atoms with Gasteiger partial charge in [-0.3, -0.25) is 4.79 Å². The van der Waals surface area contributed by atoms with E-state index in [1.165, 1.54) is 20.5 Å². The summed E-state index contributed by atoms with van der Waals surface area (Å²) in [5.41, 5.74) is 3.39. The van der Waals surface area contributed by atoms with Crippen LogP contribution in [0.3, 0.4) is 0 Å². The van der Waals surface area contributed by atoms with E-state index in [0.29, 0.717) is 51.8 Å². The second-order valence-electron chi connectivity index (χ2n) is 8.58. The molecule has 0 saturated carbocycles. The lowest BCUT2D eigenvalue weighted by atomic mass is 9.94. The zero-order valence-electron chi connectivity index (χ0n) is 21.1. The molecule has 0 bridgehead atoms. The lowest BCUT2D eigenvalue weighted by Gasteiger charge is -2.29. The third-order valence-corrected chi connectivity index (χ3v) is 6.48. The van der Waals surface area contributed by atoms with Crippen LogP contribution in [0.25, 0.3) is 0 Å². The fraction of sp³-hybridized carbons (Fsp3) is 0.179. The molecule has 0 spiro atoms. The van der Waals surface area contributed by atoms with Gasteiger partial charge in [0.1, 0.15) is 36.2 Å². The minimum Gasteiger partial charge on any atom is -0.495 e. The summed E-state index contributed by atoms with van der Waals surface area (Å²) in [5.74, 6) is 1.67. The maximum Gasteiger partial charge on any atom is 0.255 e. The van der Waals surface area contributed by atoms with Crippen LogP contribution >= 0.6 is 11.6 Å². The quantitative estimate of drug-likeness (QED) is 0.311. The number of amides is 1. The zero-order chi connectivity index (χ0) is 26.6. The number of allylic oxidation sites excluding steroid dienone is 1. The van der Waals surface area contributed by atoms with Crippen molar-refractivity contribution in [3.63, 3.8) is 0 Å². The molecule has 1 atom stereocenters. The van der Waals surface area contributed by atoms with Crippen LogP contribution in [-0.2, 0) is 11.4 Å². The number of carbonyl (C=O) groups is 1. The van der Waals surface area contributed by atoms with Crippen molar-refractivity contribution in [2.45, 2.75) is 19.6 Å². The average molecular weight is 532 g/mol. The molecule has 0 radical (unpaired) electrons. The predicted molar refractivity (Wildman–Crippen MR) is 145 cm³/mol. The molecular formula is C28H26ClN5O4. The number of halogens is 1. The molecule has 9 nitrogen and oxygen atoms in total. The van der Waals surface area contributed by atoms with Crippen molar-refractivity contribution >= 4 is 29.1 Å². The maximum atomic E-state index is 13.8. The van der Waals surface area contributed by atoms with Crippen LogP contribution in [-0.4, -0.2) is 34.9 Å². The first-order valence-corrected chi connectivity index (χ1v) is 12.2. The van der Waals surface area contributed by atoms with E-state index in [1.54, 1.807) is 16.8 Å². The minimum absolute atomic E-state index is 0.348. The Labute approximate surface area is 225 Å². The third kappa shape index (κ3) is 5.01. The lowest BCUT2D eigenvalue weighted by molar-refractivity contribution is -0.113. The van der Waals surface area contributed by atoms with E-state index in [-0.39, 0.29) is 5.91 Å². The van der Waals surface area contributed by atoms with Gasteiger partial charge in [0, 0.05) is 17.8 Å². The molecule has 2 N–H and O–H groups in total. The number of rotatable bonds is 8. The molecule has 0 saturated heterocycles. The number of methoxy groups -OCH3 is 2. The molecule has 194 valence electrons. The normalized spacial score (nSPS) is 14.4. The highest BCUT2D eigenvalue weighted by molar-refractivity contribution is 6.32. The molecule has 1 aromatic heterocycles. The van der Waals surface area contributed by atoms with Crippen molar-refractivity contribution in [3.05, 3.63) is 100 Å². The van der Waals surface area contributed by atoms with Crippen molar-refractivity contribution in [1.82, 2.24) is 14.8 Å². The van der Waals surface area contributed by atoms with Crippen molar-refractivity contribution in [1.29, 1.82) is 0 Å². The number of nitrogens with one attached hydrogen (secondary N) is 2. The molecule has 1 aliphatic heterocycles. The van der Waals surface area contributed by atoms with Crippen LogP contribution in [0.15, 0.2) is 84.3 Å². The first-order valence-electron chi connectivity index (χ1n) is 11.9. The maximum absolute atomic E-state index is 13.8. The number of nitrogens with zero attached hydrogens (tertiary/aromatic N) is 3. The minimum atomic E-state index is -0.561. The first kappa shape index (κ1) is 25.2. The van der Waals surface area contributed by atoms with Crippen LogP contribution < -0.4 is 24.8 Å². The van der Waals surface area contributed by atoms with Gasteiger partial charge in [0.2, 0.25) is 5.95 Å². The van der Waals surface area contributed by atoms with Gasteiger partial charge in [0.05, 0.1) is 30.5 Å². The summed E-state index contributed by atoms with van der Waals surface area (Å²) in [6.45, 7) is 2.25. The Morgan fingerprint density at radius 2 is 1.84 bits per heavy atom. The molecule has 1 aliphatic rings. The van der Waals surface area contributed by atoms with Crippen molar-refractivity contribution < 1.29 is 19.0 Å². The SMILES string of the molecule is COc1cc(NC(=O)C2=C(C)Nc3ncnn3[C@H]2c2cccc(OCc3ccccc3)c2)c(OC)cc1Cl. The topological polar surface area (TPSA) is 99.5 Å². The van der Waals surface area contributed by atoms with Crippen LogP contribution in [0, 0.1) is 0 Å². The highest BCUT2D eigenvalue weighted by Crippen LogP contribution is 2.39. The average Bonchev–Trinajstić information content (AvgIpc) is 3.40. The highest BCUT2D eigenvalue weighted by Gasteiger charge is 2.34. The van der Waals surface area contributed by atoms with Gasteiger partial charge in [0.25, 0.3) is 5.91 Å². The lowest BCUT2D eigenvalue weighted by Crippen LogP contribution is -2.31. The van der Waals surface area contributed by atoms with Gasteiger partial charge in [-0.25, -0.2) is 4.68 Å². The number of aromatic nitrogens is 3. The number of carbonyl (C=O) groups excluding carboxylic acids is 1. The Morgan fingerprint density at radius 1 is 1.05 bits per heavy atom. The van der Waals surface area contributed by atoms with Crippen molar-refractivity contribution in [3.8, 4) is 17.2 Å². The monoisotopic (exact) mass is 531 g/mol. The Bertz CT molecular complexity index is 1500. The molecular weight excluding hydrogens is 506 g/mol. The summed E-state index contributed by atoms with van der Waals surface area (Å²) in [7, 11) is 3.01. The van der Waals surface area contributed by atoms with Gasteiger partial charge in [-0.05, 0) is 30.2 Å². The number of hydrogen-bond donors (Lipinski definition) is 2. The molecule has 10 heteroatoms. The largest absolute Gasteiger partial charge is 0.495 e. The van der Waals surface area contributed by atoms with E-state index in [1.807, 2.05) is 61.5 Å². The van der Waals surface area contributed by atoms with E-state index >= 15 is 0 Å². The van der Waals surface area contributed by atoms with Crippen molar-refractivity contribution in [2.24, 2.45) is 0 Å². The molecule has 0 unspecified atom stereocenters. The van der Waals surface area contributed by atoms with Crippen LogP contribution in [0.4, 0.5) is 11.6 Å². The number of anilines is 2. The summed E-state index contributed by atoms with van der Waals surface area (Å²) in [5, 5.41) is 10.9. The predicted octanol–water partition coefficient (Wildman–Crippen LogP) is 5.46. The Balaban J connectivity index is 1.49. The summed E-state index contributed by atoms with van der Waals surface area (Å²) in [4.78, 5) is 18.1. The Hall–Kier alpha value is -4.50. The van der Waals surface area contributed by atoms with Gasteiger partial charge in [-0.2, -0.15) is 10.1 Å². The van der Waals surface area contributed by atoms with E-state index in [9.17, 15) is 4.79 Å². The Kier molecular flexibility index (Phi) is 7.19. The highest BCUT2D eigenvalue weighted by atomic mass is 35.5. The molecule has 1 amide bonds. The van der Waals surface area contributed by atoms with Gasteiger partial charge < -0.3 is 24.8 Å². The van der Waals surface area contributed by atoms with Crippen LogP contribution in [0.1, 0.15) is 24.1 Å². The number of hydrogen-bond acceptors (Lipinski definition) is 7. The zero-order valence-corrected chi connectivity index (χ0v) is 21.8. The Morgan fingerprint density at radius 3 is 2.61 bits per heavy atom. The second-order valence-corrected chi connectivity index (χ2v) is 8.99. The summed E-state index contributed by atoms with van der Waals surface area (Å²) in [6.07, 6.45) is 1.45. The van der Waals surface area contributed by atoms with E-state index < -0.39 is 6.04 Å². The summed E-state index contributed by atoms with van der Waals surface area (Å²) < 4.78 is 18.5. The summed E-state index contributed by atoms with van der Waals surface area (Å²) in [6, 6.07) is 20.2. The fourth-order valence-electron chi connectivity index (χ4n) is 4.36. The summed E-state index contributed by atoms with van der Waals surface area (Å²) >= 11 is 6.25. The molecule has 3 aromatic carbocycles. The molecule has 0 fully saturated rings. The van der Waals surface area contributed by atoms with Crippen LogP contribution in [0.2, 0.25) is 5.02 Å². The smallest absolute Gasteiger partial charge is 0.255 e. The molecule has 5 rings (SSSR count). The molecule has 38 heavy (non-hydrogen) atoms.